The minimum Gasteiger partial charge on any atom is -0.397 e. The van der Waals surface area contributed by atoms with Crippen LogP contribution in [0.25, 0.3) is 0 Å². The van der Waals surface area contributed by atoms with Gasteiger partial charge in [0.05, 0.1) is 17.1 Å². The van der Waals surface area contributed by atoms with Gasteiger partial charge in [-0.15, -0.1) is 12.6 Å². The van der Waals surface area contributed by atoms with Gasteiger partial charge in [0.25, 0.3) is 0 Å². The van der Waals surface area contributed by atoms with Crippen LogP contribution in [0.1, 0.15) is 5.56 Å². The Kier molecular flexibility index (Phi) is 3.97. The second-order valence-corrected chi connectivity index (χ2v) is 4.67. The molecule has 0 atom stereocenters. The van der Waals surface area contributed by atoms with Crippen molar-refractivity contribution in [2.45, 2.75) is 11.8 Å². The van der Waals surface area contributed by atoms with Gasteiger partial charge in [0, 0.05) is 4.90 Å². The normalized spacial score (nSPS) is 10.0. The largest absolute Gasteiger partial charge is 0.397 e. The van der Waals surface area contributed by atoms with Crippen LogP contribution in [0.4, 0.5) is 21.9 Å². The van der Waals surface area contributed by atoms with Crippen molar-refractivity contribution in [1.29, 1.82) is 0 Å². The van der Waals surface area contributed by atoms with Crippen LogP contribution in [0, 0.1) is 6.92 Å². The zero-order valence-corrected chi connectivity index (χ0v) is 11.4. The van der Waals surface area contributed by atoms with Crippen LogP contribution in [0.15, 0.2) is 47.4 Å². The van der Waals surface area contributed by atoms with Gasteiger partial charge in [-0.3, -0.25) is 0 Å². The summed E-state index contributed by atoms with van der Waals surface area (Å²) < 4.78 is 0. The molecule has 2 aromatic rings. The summed E-state index contributed by atoms with van der Waals surface area (Å²) in [6.07, 6.45) is 0. The Morgan fingerprint density at radius 3 is 2.53 bits per heavy atom. The van der Waals surface area contributed by atoms with Crippen molar-refractivity contribution in [1.82, 2.24) is 0 Å². The van der Waals surface area contributed by atoms with Gasteiger partial charge in [0.15, 0.2) is 0 Å². The Balaban J connectivity index is 2.10. The lowest BCUT2D eigenvalue weighted by atomic mass is 10.2. The van der Waals surface area contributed by atoms with Gasteiger partial charge in [-0.1, -0.05) is 18.2 Å². The predicted molar refractivity (Wildman–Crippen MR) is 81.9 cm³/mol. The van der Waals surface area contributed by atoms with E-state index in [0.717, 1.165) is 5.56 Å². The van der Waals surface area contributed by atoms with Gasteiger partial charge in [-0.2, -0.15) is 0 Å². The molecule has 0 spiro atoms. The molecule has 98 valence electrons. The number of amides is 2. The smallest absolute Gasteiger partial charge is 0.323 e. The third kappa shape index (κ3) is 3.42. The summed E-state index contributed by atoms with van der Waals surface area (Å²) >= 11 is 4.27. The predicted octanol–water partition coefficient (Wildman–Crippen LogP) is 3.51. The van der Waals surface area contributed by atoms with Crippen LogP contribution in [-0.4, -0.2) is 6.03 Å². The summed E-state index contributed by atoms with van der Waals surface area (Å²) in [7, 11) is 0. The fraction of sp³-hybridized carbons (Fsp3) is 0.0714. The molecule has 4 N–H and O–H groups in total. The number of nitrogen functional groups attached to an aromatic ring is 1. The molecule has 2 amide bonds. The molecule has 4 nitrogen and oxygen atoms in total. The van der Waals surface area contributed by atoms with E-state index in [4.69, 9.17) is 5.73 Å². The Morgan fingerprint density at radius 2 is 1.79 bits per heavy atom. The van der Waals surface area contributed by atoms with Crippen molar-refractivity contribution in [3.05, 3.63) is 48.0 Å². The van der Waals surface area contributed by atoms with E-state index in [1.54, 1.807) is 18.2 Å². The summed E-state index contributed by atoms with van der Waals surface area (Å²) in [4.78, 5) is 12.6. The van der Waals surface area contributed by atoms with Crippen molar-refractivity contribution < 1.29 is 4.79 Å². The van der Waals surface area contributed by atoms with Crippen molar-refractivity contribution in [3.8, 4) is 0 Å². The molecule has 0 heterocycles. The van der Waals surface area contributed by atoms with Crippen LogP contribution in [0.2, 0.25) is 0 Å². The van der Waals surface area contributed by atoms with Crippen molar-refractivity contribution >= 4 is 35.7 Å². The van der Waals surface area contributed by atoms with Crippen LogP contribution in [0.3, 0.4) is 0 Å². The maximum atomic E-state index is 11.9. The molecule has 0 bridgehead atoms. The summed E-state index contributed by atoms with van der Waals surface area (Å²) in [6.45, 7) is 1.94. The molecule has 0 saturated carbocycles. The molecule has 0 radical (unpaired) electrons. The molecule has 19 heavy (non-hydrogen) atoms. The van der Waals surface area contributed by atoms with Crippen molar-refractivity contribution in [3.63, 3.8) is 0 Å². The lowest BCUT2D eigenvalue weighted by Crippen LogP contribution is -2.20. The maximum Gasteiger partial charge on any atom is 0.323 e. The lowest BCUT2D eigenvalue weighted by Gasteiger charge is -2.11. The van der Waals surface area contributed by atoms with Crippen LogP contribution >= 0.6 is 12.6 Å². The Bertz CT molecular complexity index is 613. The van der Waals surface area contributed by atoms with E-state index in [2.05, 4.69) is 23.3 Å². The Labute approximate surface area is 117 Å². The number of hydrogen-bond acceptors (Lipinski definition) is 3. The van der Waals surface area contributed by atoms with E-state index in [0.29, 0.717) is 22.0 Å². The molecule has 0 aromatic heterocycles. The SMILES string of the molecule is Cc1ccc(N)c(NC(=O)Nc2ccccc2S)c1. The highest BCUT2D eigenvalue weighted by atomic mass is 32.1. The molecular weight excluding hydrogens is 258 g/mol. The second kappa shape index (κ2) is 5.67. The van der Waals surface area contributed by atoms with E-state index < -0.39 is 0 Å². The number of carbonyl (C=O) groups is 1. The third-order valence-corrected chi connectivity index (χ3v) is 3.00. The third-order valence-electron chi connectivity index (χ3n) is 2.61. The van der Waals surface area contributed by atoms with E-state index >= 15 is 0 Å². The van der Waals surface area contributed by atoms with Crippen LogP contribution in [0.5, 0.6) is 0 Å². The minimum atomic E-state index is -0.348. The molecule has 0 saturated heterocycles. The number of rotatable bonds is 2. The lowest BCUT2D eigenvalue weighted by molar-refractivity contribution is 0.262. The number of carbonyl (C=O) groups excluding carboxylic acids is 1. The number of anilines is 3. The molecule has 2 rings (SSSR count). The van der Waals surface area contributed by atoms with Crippen LogP contribution < -0.4 is 16.4 Å². The summed E-state index contributed by atoms with van der Waals surface area (Å²) in [5, 5.41) is 5.44. The fourth-order valence-corrected chi connectivity index (χ4v) is 1.85. The van der Waals surface area contributed by atoms with Crippen molar-refractivity contribution in [2.75, 3.05) is 16.4 Å². The van der Waals surface area contributed by atoms with Gasteiger partial charge < -0.3 is 16.4 Å². The molecule has 0 unspecified atom stereocenters. The number of urea groups is 1. The fourth-order valence-electron chi connectivity index (χ4n) is 1.63. The summed E-state index contributed by atoms with van der Waals surface area (Å²) in [6, 6.07) is 12.4. The molecule has 0 aliphatic rings. The van der Waals surface area contributed by atoms with Crippen molar-refractivity contribution in [2.24, 2.45) is 0 Å². The van der Waals surface area contributed by atoms with E-state index in [9.17, 15) is 4.79 Å². The first-order valence-electron chi connectivity index (χ1n) is 5.78. The highest BCUT2D eigenvalue weighted by Crippen LogP contribution is 2.21. The highest BCUT2D eigenvalue weighted by molar-refractivity contribution is 7.80. The van der Waals surface area contributed by atoms with Gasteiger partial charge in [0.1, 0.15) is 0 Å². The van der Waals surface area contributed by atoms with Crippen LogP contribution in [-0.2, 0) is 0 Å². The number of thiol groups is 1. The van der Waals surface area contributed by atoms with E-state index in [1.807, 2.05) is 31.2 Å². The number of para-hydroxylation sites is 1. The second-order valence-electron chi connectivity index (χ2n) is 4.19. The quantitative estimate of drug-likeness (QED) is 0.499. The number of benzene rings is 2. The van der Waals surface area contributed by atoms with Gasteiger partial charge >= 0.3 is 6.03 Å². The van der Waals surface area contributed by atoms with Gasteiger partial charge in [0.2, 0.25) is 0 Å². The van der Waals surface area contributed by atoms with Gasteiger partial charge in [-0.05, 0) is 36.8 Å². The number of hydrogen-bond donors (Lipinski definition) is 4. The molecule has 0 aliphatic heterocycles. The monoisotopic (exact) mass is 273 g/mol. The first-order valence-corrected chi connectivity index (χ1v) is 6.23. The van der Waals surface area contributed by atoms with E-state index in [-0.39, 0.29) is 6.03 Å². The molecule has 2 aromatic carbocycles. The molecule has 0 aliphatic carbocycles. The number of nitrogens with two attached hydrogens (primary N) is 1. The average Bonchev–Trinajstić information content (AvgIpc) is 2.37. The first-order chi connectivity index (χ1) is 9.06. The molecule has 5 heteroatoms. The Morgan fingerprint density at radius 1 is 1.11 bits per heavy atom. The minimum absolute atomic E-state index is 0.348. The number of aryl methyl sites for hydroxylation is 1. The van der Waals surface area contributed by atoms with E-state index in [1.165, 1.54) is 0 Å². The standard InChI is InChI=1S/C14H15N3OS/c1-9-6-7-10(15)12(8-9)17-14(18)16-11-4-2-3-5-13(11)19/h2-8,19H,15H2,1H3,(H2,16,17,18). The molecular formula is C14H15N3OS. The highest BCUT2D eigenvalue weighted by Gasteiger charge is 2.07. The first kappa shape index (κ1) is 13.3. The average molecular weight is 273 g/mol. The zero-order valence-electron chi connectivity index (χ0n) is 10.5. The number of nitrogens with one attached hydrogen (secondary N) is 2. The summed E-state index contributed by atoms with van der Waals surface area (Å²) in [5.74, 6) is 0. The Hall–Kier alpha value is -2.14. The zero-order chi connectivity index (χ0) is 13.8. The molecule has 0 fully saturated rings. The van der Waals surface area contributed by atoms with Gasteiger partial charge in [-0.25, -0.2) is 4.79 Å². The topological polar surface area (TPSA) is 67.1 Å². The maximum absolute atomic E-state index is 11.9. The summed E-state index contributed by atoms with van der Waals surface area (Å²) in [5.41, 5.74) is 8.60.